The lowest BCUT2D eigenvalue weighted by atomic mass is 9.74. The van der Waals surface area contributed by atoms with Gasteiger partial charge in [-0.1, -0.05) is 16.8 Å². The number of hydrogen-bond acceptors (Lipinski definition) is 5. The molecule has 3 unspecified atom stereocenters. The summed E-state index contributed by atoms with van der Waals surface area (Å²) in [5.41, 5.74) is 13.8. The number of halogens is 2. The second-order valence-electron chi connectivity index (χ2n) is 6.85. The molecular formula is C18H21ClFN5O2. The number of aliphatic imine (C=N–C) groups is 1. The molecule has 2 aliphatic carbocycles. The number of oxime groups is 1. The predicted octanol–water partition coefficient (Wildman–Crippen LogP) is 2.49. The van der Waals surface area contributed by atoms with Gasteiger partial charge in [-0.15, -0.1) is 0 Å². The van der Waals surface area contributed by atoms with Crippen LogP contribution in [0.2, 0.25) is 5.02 Å². The van der Waals surface area contributed by atoms with E-state index in [0.29, 0.717) is 23.7 Å². The number of hydrogen-bond donors (Lipinski definition) is 4. The molecule has 6 N–H and O–H groups in total. The maximum absolute atomic E-state index is 13.3. The van der Waals surface area contributed by atoms with E-state index in [1.54, 1.807) is 0 Å². The second-order valence-corrected chi connectivity index (χ2v) is 7.26. The van der Waals surface area contributed by atoms with Crippen LogP contribution in [0.4, 0.5) is 10.1 Å². The smallest absolute Gasteiger partial charge is 0.261 e. The van der Waals surface area contributed by atoms with E-state index in [-0.39, 0.29) is 28.3 Å². The van der Waals surface area contributed by atoms with Gasteiger partial charge in [-0.05, 0) is 43.4 Å². The average molecular weight is 394 g/mol. The van der Waals surface area contributed by atoms with Crippen LogP contribution >= 0.6 is 11.6 Å². The molecule has 0 aliphatic heterocycles. The van der Waals surface area contributed by atoms with Crippen molar-refractivity contribution in [2.24, 2.45) is 39.4 Å². The van der Waals surface area contributed by atoms with Gasteiger partial charge in [0.05, 0.1) is 10.7 Å². The highest BCUT2D eigenvalue weighted by Gasteiger charge is 2.47. The molecule has 27 heavy (non-hydrogen) atoms. The van der Waals surface area contributed by atoms with Gasteiger partial charge < -0.3 is 22.0 Å². The Balaban J connectivity index is 1.85. The van der Waals surface area contributed by atoms with Crippen molar-refractivity contribution in [3.05, 3.63) is 40.3 Å². The van der Waals surface area contributed by atoms with Crippen LogP contribution in [-0.2, 0) is 4.79 Å². The van der Waals surface area contributed by atoms with Gasteiger partial charge in [0, 0.05) is 30.3 Å². The molecule has 1 aromatic rings. The third kappa shape index (κ3) is 3.62. The average Bonchev–Trinajstić information content (AvgIpc) is 2.96. The number of carbonyl (C=O) groups is 1. The van der Waals surface area contributed by atoms with Crippen LogP contribution in [0.1, 0.15) is 19.3 Å². The maximum atomic E-state index is 13.3. The molecule has 3 atom stereocenters. The van der Waals surface area contributed by atoms with Crippen LogP contribution in [0.15, 0.2) is 39.6 Å². The zero-order valence-electron chi connectivity index (χ0n) is 14.7. The molecule has 144 valence electrons. The molecule has 2 aliphatic rings. The number of nitrogens with two attached hydrogens (primary N) is 2. The number of amides is 1. The standard InChI is InChI=1S/C18H21ClFN5O2/c1-23-17(22)15(18(26)24-10-2-3-13(20)12(19)7-10)16(21)9-4-8-6-14(25-27)11(8)5-9/h2-3,7-9,11,27H,4-6,21H2,1H3,(H2,22,23)(H,24,26)/b16-15?,25-14+. The van der Waals surface area contributed by atoms with Gasteiger partial charge in [0.25, 0.3) is 5.91 Å². The molecule has 0 bridgehead atoms. The highest BCUT2D eigenvalue weighted by Crippen LogP contribution is 2.49. The number of fused-ring (bicyclic) bond motifs is 1. The van der Waals surface area contributed by atoms with Gasteiger partial charge in [-0.25, -0.2) is 4.39 Å². The largest absolute Gasteiger partial charge is 0.411 e. The Morgan fingerprint density at radius 2 is 2.11 bits per heavy atom. The molecule has 1 amide bonds. The lowest BCUT2D eigenvalue weighted by molar-refractivity contribution is -0.112. The van der Waals surface area contributed by atoms with Gasteiger partial charge in [-0.2, -0.15) is 0 Å². The van der Waals surface area contributed by atoms with Crippen molar-refractivity contribution < 1.29 is 14.4 Å². The van der Waals surface area contributed by atoms with E-state index in [1.807, 2.05) is 0 Å². The molecule has 3 rings (SSSR count). The Bertz CT molecular complexity index is 867. The number of nitrogens with zero attached hydrogens (tertiary/aromatic N) is 2. The summed E-state index contributed by atoms with van der Waals surface area (Å²) in [7, 11) is 1.47. The summed E-state index contributed by atoms with van der Waals surface area (Å²) in [5.74, 6) is -0.556. The quantitative estimate of drug-likeness (QED) is 0.206. The van der Waals surface area contributed by atoms with Crippen molar-refractivity contribution in [1.29, 1.82) is 0 Å². The summed E-state index contributed by atoms with van der Waals surface area (Å²) < 4.78 is 13.3. The highest BCUT2D eigenvalue weighted by molar-refractivity contribution is 6.31. The number of benzene rings is 1. The summed E-state index contributed by atoms with van der Waals surface area (Å²) in [6.07, 6.45) is 2.25. The Morgan fingerprint density at radius 3 is 2.74 bits per heavy atom. The summed E-state index contributed by atoms with van der Waals surface area (Å²) >= 11 is 5.76. The number of amidine groups is 1. The summed E-state index contributed by atoms with van der Waals surface area (Å²) in [4.78, 5) is 16.7. The van der Waals surface area contributed by atoms with E-state index in [1.165, 1.54) is 19.2 Å². The number of anilines is 1. The topological polar surface area (TPSA) is 126 Å². The third-order valence-electron chi connectivity index (χ3n) is 5.35. The molecule has 0 saturated heterocycles. The molecular weight excluding hydrogens is 373 g/mol. The van der Waals surface area contributed by atoms with Crippen LogP contribution in [-0.4, -0.2) is 29.7 Å². The summed E-state index contributed by atoms with van der Waals surface area (Å²) in [6.45, 7) is 0. The van der Waals surface area contributed by atoms with E-state index in [2.05, 4.69) is 15.5 Å². The Kier molecular flexibility index (Phi) is 5.36. The first-order valence-corrected chi connectivity index (χ1v) is 8.93. The van der Waals surface area contributed by atoms with Crippen LogP contribution in [0.25, 0.3) is 0 Å². The number of carbonyl (C=O) groups excluding carboxylic acids is 1. The predicted molar refractivity (Wildman–Crippen MR) is 102 cm³/mol. The van der Waals surface area contributed by atoms with Gasteiger partial charge in [0.15, 0.2) is 0 Å². The van der Waals surface area contributed by atoms with Crippen molar-refractivity contribution in [3.8, 4) is 0 Å². The van der Waals surface area contributed by atoms with Gasteiger partial charge in [0.2, 0.25) is 0 Å². The maximum Gasteiger partial charge on any atom is 0.261 e. The zero-order valence-corrected chi connectivity index (χ0v) is 15.5. The van der Waals surface area contributed by atoms with Crippen molar-refractivity contribution in [2.45, 2.75) is 19.3 Å². The molecule has 0 radical (unpaired) electrons. The fourth-order valence-corrected chi connectivity index (χ4v) is 4.05. The third-order valence-corrected chi connectivity index (χ3v) is 5.64. The fraction of sp³-hybridized carbons (Fsp3) is 0.389. The molecule has 2 saturated carbocycles. The van der Waals surface area contributed by atoms with Crippen molar-refractivity contribution in [1.82, 2.24) is 0 Å². The van der Waals surface area contributed by atoms with E-state index < -0.39 is 11.7 Å². The SMILES string of the molecule is CN=C(N)C(C(=O)Nc1ccc(F)c(Cl)c1)=C(N)C1CC2C/C(=N\O)C2C1. The van der Waals surface area contributed by atoms with Crippen LogP contribution < -0.4 is 16.8 Å². The number of allylic oxidation sites excluding steroid dienone is 1. The van der Waals surface area contributed by atoms with Crippen molar-refractivity contribution in [3.63, 3.8) is 0 Å². The van der Waals surface area contributed by atoms with Crippen LogP contribution in [0.3, 0.4) is 0 Å². The summed E-state index contributed by atoms with van der Waals surface area (Å²) in [6, 6.07) is 3.86. The molecule has 0 spiro atoms. The molecule has 0 aromatic heterocycles. The van der Waals surface area contributed by atoms with Gasteiger partial charge >= 0.3 is 0 Å². The normalized spacial score (nSPS) is 27.0. The fourth-order valence-electron chi connectivity index (χ4n) is 3.87. The number of rotatable bonds is 4. The minimum atomic E-state index is -0.581. The van der Waals surface area contributed by atoms with Crippen molar-refractivity contribution >= 4 is 34.7 Å². The molecule has 2 fully saturated rings. The summed E-state index contributed by atoms with van der Waals surface area (Å²) in [5, 5.41) is 14.8. The van der Waals surface area contributed by atoms with Gasteiger partial charge in [-0.3, -0.25) is 9.79 Å². The lowest BCUT2D eigenvalue weighted by Gasteiger charge is -2.30. The first-order chi connectivity index (χ1) is 12.8. The molecule has 0 heterocycles. The van der Waals surface area contributed by atoms with Crippen LogP contribution in [0.5, 0.6) is 0 Å². The second kappa shape index (κ2) is 7.56. The first-order valence-electron chi connectivity index (χ1n) is 8.55. The molecule has 1 aromatic carbocycles. The van der Waals surface area contributed by atoms with E-state index in [9.17, 15) is 9.18 Å². The van der Waals surface area contributed by atoms with E-state index >= 15 is 0 Å². The minimum absolute atomic E-state index is 0.0218. The minimum Gasteiger partial charge on any atom is -0.411 e. The lowest BCUT2D eigenvalue weighted by Crippen LogP contribution is -2.32. The van der Waals surface area contributed by atoms with Crippen LogP contribution in [0, 0.1) is 23.6 Å². The molecule has 9 heteroatoms. The van der Waals surface area contributed by atoms with Crippen molar-refractivity contribution in [2.75, 3.05) is 12.4 Å². The number of nitrogens with one attached hydrogen (secondary N) is 1. The Morgan fingerprint density at radius 1 is 1.37 bits per heavy atom. The monoisotopic (exact) mass is 393 g/mol. The molecule has 7 nitrogen and oxygen atoms in total. The Hall–Kier alpha value is -2.61. The van der Waals surface area contributed by atoms with Gasteiger partial charge in [0.1, 0.15) is 17.2 Å². The Labute approximate surface area is 161 Å². The highest BCUT2D eigenvalue weighted by atomic mass is 35.5. The first kappa shape index (κ1) is 19.2. The van der Waals surface area contributed by atoms with E-state index in [4.69, 9.17) is 28.3 Å². The zero-order chi connectivity index (χ0) is 19.7. The van der Waals surface area contributed by atoms with E-state index in [0.717, 1.165) is 24.6 Å².